The van der Waals surface area contributed by atoms with Crippen molar-refractivity contribution in [2.24, 2.45) is 35.5 Å². The average Bonchev–Trinajstić information content (AvgIpc) is 2.83. The van der Waals surface area contributed by atoms with Crippen LogP contribution in [0.3, 0.4) is 0 Å². The van der Waals surface area contributed by atoms with Gasteiger partial charge in [0.2, 0.25) is 0 Å². The molecule has 0 amide bonds. The van der Waals surface area contributed by atoms with Gasteiger partial charge in [-0.2, -0.15) is 0 Å². The topological polar surface area (TPSA) is 0 Å². The van der Waals surface area contributed by atoms with Gasteiger partial charge in [0.1, 0.15) is 0 Å². The second-order valence-corrected chi connectivity index (χ2v) is 5.18. The number of hydrogen-bond donors (Lipinski definition) is 0. The molecule has 0 heterocycles. The highest BCUT2D eigenvalue weighted by atomic mass is 14.6. The SMILES string of the molecule is C=C1[C@H]2C=C[C@@H]3C(=C)[C@H]4C=C[C@H]1C4C23. The lowest BCUT2D eigenvalue weighted by atomic mass is 9.88. The molecule has 2 fully saturated rings. The second-order valence-electron chi connectivity index (χ2n) is 5.18. The normalized spacial score (nSPS) is 56.3. The molecule has 14 heavy (non-hydrogen) atoms. The summed E-state index contributed by atoms with van der Waals surface area (Å²) in [5, 5.41) is 0. The molecule has 0 aliphatic heterocycles. The third-order valence-electron chi connectivity index (χ3n) is 4.87. The van der Waals surface area contributed by atoms with E-state index in [1.54, 1.807) is 0 Å². The minimum Gasteiger partial charge on any atom is -0.0986 e. The summed E-state index contributed by atoms with van der Waals surface area (Å²) >= 11 is 0. The van der Waals surface area contributed by atoms with Gasteiger partial charge in [-0.3, -0.25) is 0 Å². The molecule has 0 aromatic rings. The van der Waals surface area contributed by atoms with E-state index in [1.165, 1.54) is 11.1 Å². The molecular weight excluding hydrogens is 168 g/mol. The minimum atomic E-state index is 0.668. The van der Waals surface area contributed by atoms with Crippen LogP contribution in [0.25, 0.3) is 0 Å². The first-order valence-electron chi connectivity index (χ1n) is 5.53. The fraction of sp³-hybridized carbons (Fsp3) is 0.429. The monoisotopic (exact) mass is 182 g/mol. The van der Waals surface area contributed by atoms with E-state index in [2.05, 4.69) is 37.5 Å². The summed E-state index contributed by atoms with van der Waals surface area (Å²) in [6, 6.07) is 0. The van der Waals surface area contributed by atoms with Crippen molar-refractivity contribution >= 4 is 0 Å². The third kappa shape index (κ3) is 0.538. The molecule has 2 saturated carbocycles. The van der Waals surface area contributed by atoms with E-state index in [1.807, 2.05) is 0 Å². The van der Waals surface area contributed by atoms with Crippen LogP contribution in [0, 0.1) is 35.5 Å². The Bertz CT molecular complexity index is 338. The van der Waals surface area contributed by atoms with E-state index in [0.717, 1.165) is 11.8 Å². The van der Waals surface area contributed by atoms with Crippen LogP contribution in [-0.2, 0) is 0 Å². The molecule has 0 N–H and O–H groups in total. The second kappa shape index (κ2) is 1.98. The van der Waals surface area contributed by atoms with Crippen molar-refractivity contribution in [3.05, 3.63) is 48.6 Å². The van der Waals surface area contributed by atoms with Crippen molar-refractivity contribution in [3.63, 3.8) is 0 Å². The van der Waals surface area contributed by atoms with Gasteiger partial charge in [-0.05, 0) is 11.8 Å². The molecule has 4 rings (SSSR count). The highest BCUT2D eigenvalue weighted by molar-refractivity contribution is 5.45. The highest BCUT2D eigenvalue weighted by Crippen LogP contribution is 2.66. The quantitative estimate of drug-likeness (QED) is 0.505. The molecule has 4 atom stereocenters. The Kier molecular flexibility index (Phi) is 1.03. The molecule has 0 saturated heterocycles. The van der Waals surface area contributed by atoms with Crippen molar-refractivity contribution in [1.29, 1.82) is 0 Å². The molecule has 0 aromatic heterocycles. The zero-order chi connectivity index (χ0) is 9.45. The molecule has 0 bridgehead atoms. The third-order valence-corrected chi connectivity index (χ3v) is 4.87. The maximum atomic E-state index is 4.29. The zero-order valence-electron chi connectivity index (χ0n) is 8.19. The molecule has 70 valence electrons. The zero-order valence-corrected chi connectivity index (χ0v) is 8.19. The average molecular weight is 182 g/mol. The minimum absolute atomic E-state index is 0.668. The van der Waals surface area contributed by atoms with Crippen molar-refractivity contribution in [3.8, 4) is 0 Å². The maximum Gasteiger partial charge on any atom is 0.00206 e. The Labute approximate surface area is 84.7 Å². The van der Waals surface area contributed by atoms with Gasteiger partial charge >= 0.3 is 0 Å². The van der Waals surface area contributed by atoms with Crippen molar-refractivity contribution in [1.82, 2.24) is 0 Å². The fourth-order valence-electron chi connectivity index (χ4n) is 4.32. The van der Waals surface area contributed by atoms with Gasteiger partial charge in [0.05, 0.1) is 0 Å². The summed E-state index contributed by atoms with van der Waals surface area (Å²) in [5.74, 6) is 4.31. The Morgan fingerprint density at radius 1 is 0.643 bits per heavy atom. The van der Waals surface area contributed by atoms with Gasteiger partial charge in [0.15, 0.2) is 0 Å². The van der Waals surface area contributed by atoms with Crippen LogP contribution in [0.15, 0.2) is 48.6 Å². The predicted molar refractivity (Wildman–Crippen MR) is 57.5 cm³/mol. The molecule has 0 unspecified atom stereocenters. The first-order chi connectivity index (χ1) is 6.79. The molecule has 0 radical (unpaired) electrons. The summed E-state index contributed by atoms with van der Waals surface area (Å²) in [4.78, 5) is 0. The van der Waals surface area contributed by atoms with E-state index in [0.29, 0.717) is 23.7 Å². The lowest BCUT2D eigenvalue weighted by Crippen LogP contribution is -2.12. The Balaban J connectivity index is 1.96. The van der Waals surface area contributed by atoms with Crippen molar-refractivity contribution in [2.45, 2.75) is 0 Å². The van der Waals surface area contributed by atoms with Crippen LogP contribution in [0.4, 0.5) is 0 Å². The fourth-order valence-corrected chi connectivity index (χ4v) is 4.32. The van der Waals surface area contributed by atoms with Gasteiger partial charge in [-0.15, -0.1) is 0 Å². The molecule has 0 aromatic carbocycles. The summed E-state index contributed by atoms with van der Waals surface area (Å²) in [6.45, 7) is 8.57. The molecule has 0 heteroatoms. The first-order valence-corrected chi connectivity index (χ1v) is 5.53. The van der Waals surface area contributed by atoms with Gasteiger partial charge in [0.25, 0.3) is 0 Å². The van der Waals surface area contributed by atoms with Crippen molar-refractivity contribution in [2.75, 3.05) is 0 Å². The van der Waals surface area contributed by atoms with Crippen LogP contribution in [0.2, 0.25) is 0 Å². The molecule has 4 aliphatic rings. The first kappa shape index (κ1) is 7.28. The van der Waals surface area contributed by atoms with Crippen LogP contribution in [0.1, 0.15) is 0 Å². The smallest absolute Gasteiger partial charge is 0.00206 e. The van der Waals surface area contributed by atoms with Crippen LogP contribution >= 0.6 is 0 Å². The number of rotatable bonds is 0. The highest BCUT2D eigenvalue weighted by Gasteiger charge is 2.59. The van der Waals surface area contributed by atoms with Crippen LogP contribution in [0.5, 0.6) is 0 Å². The standard InChI is InChI=1S/C14H14/c1-7-9-3-5-11-8(2)12-6-4-10(7)14(12)13(9)11/h3-6,9-14H,1-2H2/t9-,10-,11-,12-,13?,14?/m1/s1. The Morgan fingerprint density at radius 2 is 0.929 bits per heavy atom. The van der Waals surface area contributed by atoms with E-state index < -0.39 is 0 Å². The summed E-state index contributed by atoms with van der Waals surface area (Å²) in [6.07, 6.45) is 9.52. The lowest BCUT2D eigenvalue weighted by molar-refractivity contribution is 0.343. The maximum absolute atomic E-state index is 4.29. The van der Waals surface area contributed by atoms with Gasteiger partial charge < -0.3 is 0 Å². The molecular formula is C14H14. The van der Waals surface area contributed by atoms with Crippen LogP contribution < -0.4 is 0 Å². The largest absolute Gasteiger partial charge is 0.0986 e. The van der Waals surface area contributed by atoms with Crippen LogP contribution in [-0.4, -0.2) is 0 Å². The summed E-state index contributed by atoms with van der Waals surface area (Å²) in [5.41, 5.74) is 2.93. The van der Waals surface area contributed by atoms with E-state index >= 15 is 0 Å². The molecule has 4 aliphatic carbocycles. The number of allylic oxidation sites excluding steroid dienone is 6. The predicted octanol–water partition coefficient (Wildman–Crippen LogP) is 2.96. The van der Waals surface area contributed by atoms with E-state index in [-0.39, 0.29) is 0 Å². The van der Waals surface area contributed by atoms with Gasteiger partial charge in [-0.1, -0.05) is 48.6 Å². The Hall–Kier alpha value is -1.04. The molecule has 0 spiro atoms. The molecule has 0 nitrogen and oxygen atoms in total. The number of hydrogen-bond acceptors (Lipinski definition) is 0. The Morgan fingerprint density at radius 3 is 1.21 bits per heavy atom. The van der Waals surface area contributed by atoms with E-state index in [4.69, 9.17) is 0 Å². The summed E-state index contributed by atoms with van der Waals surface area (Å²) < 4.78 is 0. The summed E-state index contributed by atoms with van der Waals surface area (Å²) in [7, 11) is 0. The lowest BCUT2D eigenvalue weighted by Gasteiger charge is -2.14. The van der Waals surface area contributed by atoms with Gasteiger partial charge in [-0.25, -0.2) is 0 Å². The van der Waals surface area contributed by atoms with Gasteiger partial charge in [0, 0.05) is 23.7 Å². The van der Waals surface area contributed by atoms with Crippen molar-refractivity contribution < 1.29 is 0 Å². The van der Waals surface area contributed by atoms with E-state index in [9.17, 15) is 0 Å².